The predicted octanol–water partition coefficient (Wildman–Crippen LogP) is 1.12. The average Bonchev–Trinajstić information content (AvgIpc) is 2.40. The summed E-state index contributed by atoms with van der Waals surface area (Å²) >= 11 is 0. The highest BCUT2D eigenvalue weighted by atomic mass is 19.3. The third-order valence-corrected chi connectivity index (χ3v) is 2.20. The van der Waals surface area contributed by atoms with Crippen LogP contribution in [0.4, 0.5) is 8.78 Å². The lowest BCUT2D eigenvalue weighted by Crippen LogP contribution is -2.35. The summed E-state index contributed by atoms with van der Waals surface area (Å²) in [5, 5.41) is 6.70. The van der Waals surface area contributed by atoms with Gasteiger partial charge in [0.15, 0.2) is 0 Å². The lowest BCUT2D eigenvalue weighted by Gasteiger charge is -2.14. The van der Waals surface area contributed by atoms with E-state index in [1.165, 1.54) is 0 Å². The molecule has 0 bridgehead atoms. The Balaban J connectivity index is 2.71. The maximum atomic E-state index is 12.4. The minimum absolute atomic E-state index is 0.297. The summed E-state index contributed by atoms with van der Waals surface area (Å²) in [7, 11) is 3.31. The van der Waals surface area contributed by atoms with Crippen LogP contribution in [-0.2, 0) is 13.5 Å². The van der Waals surface area contributed by atoms with E-state index in [1.807, 2.05) is 13.0 Å². The molecule has 0 aliphatic heterocycles. The minimum atomic E-state index is -2.35. The van der Waals surface area contributed by atoms with Gasteiger partial charge in [0.05, 0.1) is 11.7 Å². The normalized spacial score (nSPS) is 13.6. The van der Waals surface area contributed by atoms with Crippen LogP contribution in [-0.4, -0.2) is 29.3 Å². The fraction of sp³-hybridized carbons (Fsp3) is 0.667. The summed E-state index contributed by atoms with van der Waals surface area (Å²) in [6.45, 7) is 1.85. The zero-order chi connectivity index (χ0) is 10.7. The topological polar surface area (TPSA) is 29.9 Å². The van der Waals surface area contributed by atoms with Gasteiger partial charge in [-0.05, 0) is 20.0 Å². The first-order chi connectivity index (χ1) is 6.54. The van der Waals surface area contributed by atoms with Crippen molar-refractivity contribution in [2.45, 2.75) is 25.8 Å². The van der Waals surface area contributed by atoms with Gasteiger partial charge in [0.2, 0.25) is 0 Å². The molecular formula is C9H15F2N3. The van der Waals surface area contributed by atoms with Crippen molar-refractivity contribution in [3.63, 3.8) is 0 Å². The third-order valence-electron chi connectivity index (χ3n) is 2.20. The first-order valence-electron chi connectivity index (χ1n) is 4.49. The molecule has 0 saturated carbocycles. The monoisotopic (exact) mass is 203 g/mol. The Hall–Kier alpha value is -0.970. The molecule has 1 N–H and O–H groups in total. The number of rotatable bonds is 4. The van der Waals surface area contributed by atoms with Gasteiger partial charge >= 0.3 is 0 Å². The van der Waals surface area contributed by atoms with E-state index in [0.717, 1.165) is 11.4 Å². The Morgan fingerprint density at radius 2 is 2.21 bits per heavy atom. The van der Waals surface area contributed by atoms with Crippen molar-refractivity contribution in [3.05, 3.63) is 17.5 Å². The molecule has 1 heterocycles. The molecule has 1 rings (SSSR count). The summed E-state index contributed by atoms with van der Waals surface area (Å²) in [6, 6.07) is 1.02. The van der Waals surface area contributed by atoms with Gasteiger partial charge in [-0.25, -0.2) is 8.78 Å². The SMILES string of the molecule is CNC(Cc1cc(C)nn1C)C(F)F. The van der Waals surface area contributed by atoms with Crippen LogP contribution >= 0.6 is 0 Å². The molecule has 1 aromatic rings. The standard InChI is InChI=1S/C9H15F2N3/c1-6-4-7(14(3)13-6)5-8(12-2)9(10)11/h4,8-9,12H,5H2,1-3H3. The summed E-state index contributed by atoms with van der Waals surface area (Å²) in [4.78, 5) is 0. The first-order valence-corrected chi connectivity index (χ1v) is 4.49. The number of nitrogens with one attached hydrogen (secondary N) is 1. The van der Waals surface area contributed by atoms with E-state index in [9.17, 15) is 8.78 Å². The highest BCUT2D eigenvalue weighted by Gasteiger charge is 2.20. The Bertz CT molecular complexity index is 296. The fourth-order valence-corrected chi connectivity index (χ4v) is 1.40. The smallest absolute Gasteiger partial charge is 0.254 e. The molecule has 1 atom stereocenters. The quantitative estimate of drug-likeness (QED) is 0.794. The predicted molar refractivity (Wildman–Crippen MR) is 50.5 cm³/mol. The Morgan fingerprint density at radius 3 is 2.57 bits per heavy atom. The largest absolute Gasteiger partial charge is 0.312 e. The van der Waals surface area contributed by atoms with E-state index < -0.39 is 12.5 Å². The summed E-state index contributed by atoms with van der Waals surface area (Å²) < 4.78 is 26.5. The zero-order valence-electron chi connectivity index (χ0n) is 8.59. The Kier molecular flexibility index (Phi) is 3.57. The fourth-order valence-electron chi connectivity index (χ4n) is 1.40. The molecule has 80 valence electrons. The maximum Gasteiger partial charge on any atom is 0.254 e. The number of likely N-dealkylation sites (N-methyl/N-ethyl adjacent to an activating group) is 1. The van der Waals surface area contributed by atoms with Gasteiger partial charge in [0.1, 0.15) is 0 Å². The number of hydrogen-bond acceptors (Lipinski definition) is 2. The lowest BCUT2D eigenvalue weighted by molar-refractivity contribution is 0.101. The first kappa shape index (κ1) is 11.1. The molecule has 3 nitrogen and oxygen atoms in total. The minimum Gasteiger partial charge on any atom is -0.312 e. The van der Waals surface area contributed by atoms with E-state index in [2.05, 4.69) is 10.4 Å². The molecule has 0 saturated heterocycles. The highest BCUT2D eigenvalue weighted by molar-refractivity contribution is 5.10. The third kappa shape index (κ3) is 2.51. The average molecular weight is 203 g/mol. The van der Waals surface area contributed by atoms with Crippen LogP contribution in [0.25, 0.3) is 0 Å². The van der Waals surface area contributed by atoms with Crippen LogP contribution in [0.15, 0.2) is 6.07 Å². The number of nitrogens with zero attached hydrogens (tertiary/aromatic N) is 2. The van der Waals surface area contributed by atoms with Crippen molar-refractivity contribution in [1.82, 2.24) is 15.1 Å². The molecule has 0 spiro atoms. The Morgan fingerprint density at radius 1 is 1.57 bits per heavy atom. The molecule has 0 aromatic carbocycles. The molecule has 0 aliphatic rings. The molecular weight excluding hydrogens is 188 g/mol. The van der Waals surface area contributed by atoms with Crippen molar-refractivity contribution in [2.24, 2.45) is 7.05 Å². The molecule has 5 heteroatoms. The Labute approximate surface area is 82.1 Å². The molecule has 1 unspecified atom stereocenters. The van der Waals surface area contributed by atoms with Gasteiger partial charge in [-0.3, -0.25) is 4.68 Å². The highest BCUT2D eigenvalue weighted by Crippen LogP contribution is 2.10. The number of halogens is 2. The van der Waals surface area contributed by atoms with Crippen molar-refractivity contribution >= 4 is 0 Å². The molecule has 0 aliphatic carbocycles. The number of hydrogen-bond donors (Lipinski definition) is 1. The second-order valence-corrected chi connectivity index (χ2v) is 3.33. The van der Waals surface area contributed by atoms with Crippen LogP contribution in [0.1, 0.15) is 11.4 Å². The van der Waals surface area contributed by atoms with Crippen LogP contribution < -0.4 is 5.32 Å². The van der Waals surface area contributed by atoms with Crippen molar-refractivity contribution < 1.29 is 8.78 Å². The van der Waals surface area contributed by atoms with Crippen molar-refractivity contribution in [3.8, 4) is 0 Å². The van der Waals surface area contributed by atoms with Gasteiger partial charge in [0, 0.05) is 19.2 Å². The second-order valence-electron chi connectivity index (χ2n) is 3.33. The maximum absolute atomic E-state index is 12.4. The molecule has 14 heavy (non-hydrogen) atoms. The molecule has 1 aromatic heterocycles. The number of aromatic nitrogens is 2. The van der Waals surface area contributed by atoms with E-state index in [4.69, 9.17) is 0 Å². The number of aryl methyl sites for hydroxylation is 2. The van der Waals surface area contributed by atoms with Crippen LogP contribution in [0.3, 0.4) is 0 Å². The van der Waals surface area contributed by atoms with Gasteiger partial charge in [-0.15, -0.1) is 0 Å². The van der Waals surface area contributed by atoms with E-state index in [-0.39, 0.29) is 0 Å². The van der Waals surface area contributed by atoms with Gasteiger partial charge in [0.25, 0.3) is 6.43 Å². The summed E-state index contributed by atoms with van der Waals surface area (Å²) in [5.74, 6) is 0. The summed E-state index contributed by atoms with van der Waals surface area (Å²) in [6.07, 6.45) is -2.05. The van der Waals surface area contributed by atoms with Crippen LogP contribution in [0, 0.1) is 6.92 Å². The molecule has 0 amide bonds. The summed E-state index contributed by atoms with van der Waals surface area (Å²) in [5.41, 5.74) is 1.67. The van der Waals surface area contributed by atoms with E-state index in [1.54, 1.807) is 18.8 Å². The van der Waals surface area contributed by atoms with Crippen molar-refractivity contribution in [1.29, 1.82) is 0 Å². The van der Waals surface area contributed by atoms with E-state index in [0.29, 0.717) is 6.42 Å². The lowest BCUT2D eigenvalue weighted by atomic mass is 10.1. The van der Waals surface area contributed by atoms with Gasteiger partial charge in [-0.2, -0.15) is 5.10 Å². The molecule has 0 radical (unpaired) electrons. The molecule has 0 fully saturated rings. The van der Waals surface area contributed by atoms with E-state index >= 15 is 0 Å². The van der Waals surface area contributed by atoms with Gasteiger partial charge in [-0.1, -0.05) is 0 Å². The van der Waals surface area contributed by atoms with Gasteiger partial charge < -0.3 is 5.32 Å². The van der Waals surface area contributed by atoms with Crippen LogP contribution in [0.2, 0.25) is 0 Å². The number of alkyl halides is 2. The van der Waals surface area contributed by atoms with Crippen LogP contribution in [0.5, 0.6) is 0 Å². The second kappa shape index (κ2) is 4.50. The van der Waals surface area contributed by atoms with Crippen molar-refractivity contribution in [2.75, 3.05) is 7.05 Å². The zero-order valence-corrected chi connectivity index (χ0v) is 8.59.